The number of hydrogen-bond donors (Lipinski definition) is 0. The molecule has 3 fully saturated rings. The Labute approximate surface area is 162 Å². The minimum absolute atomic E-state index is 0.133. The molecule has 1 aromatic carbocycles. The van der Waals surface area contributed by atoms with Crippen LogP contribution < -0.4 is 0 Å². The number of hydrogen-bond acceptors (Lipinski definition) is 3. The van der Waals surface area contributed by atoms with Crippen LogP contribution >= 0.6 is 0 Å². The van der Waals surface area contributed by atoms with Crippen molar-refractivity contribution in [3.05, 3.63) is 35.9 Å². The molecule has 1 atom stereocenters. The number of carbonyl (C=O) groups is 2. The fourth-order valence-electron chi connectivity index (χ4n) is 4.90. The zero-order valence-electron chi connectivity index (χ0n) is 16.2. The first-order valence-electron chi connectivity index (χ1n) is 10.6. The van der Waals surface area contributed by atoms with Gasteiger partial charge in [0.25, 0.3) is 0 Å². The molecule has 27 heavy (non-hydrogen) atoms. The van der Waals surface area contributed by atoms with Gasteiger partial charge in [0, 0.05) is 51.7 Å². The smallest absolute Gasteiger partial charge is 0.228 e. The SMILES string of the molecule is O=C1C[C@H](C(=O)N2CCN(C3CCCC3)CC2)CN1CCc1ccccc1. The number of benzene rings is 1. The van der Waals surface area contributed by atoms with Crippen LogP contribution in [-0.2, 0) is 16.0 Å². The molecule has 0 bridgehead atoms. The summed E-state index contributed by atoms with van der Waals surface area (Å²) >= 11 is 0. The number of amides is 2. The molecule has 5 heteroatoms. The Balaban J connectivity index is 1.25. The molecule has 2 aliphatic heterocycles. The third-order valence-electron chi connectivity index (χ3n) is 6.54. The van der Waals surface area contributed by atoms with Crippen LogP contribution in [0.5, 0.6) is 0 Å². The fraction of sp³-hybridized carbons (Fsp3) is 0.636. The van der Waals surface area contributed by atoms with Crippen molar-refractivity contribution in [1.82, 2.24) is 14.7 Å². The zero-order chi connectivity index (χ0) is 18.6. The minimum atomic E-state index is -0.147. The number of nitrogens with zero attached hydrogens (tertiary/aromatic N) is 3. The molecule has 2 saturated heterocycles. The summed E-state index contributed by atoms with van der Waals surface area (Å²) in [6.07, 6.45) is 6.59. The Morgan fingerprint density at radius 3 is 2.41 bits per heavy atom. The second kappa shape index (κ2) is 8.42. The largest absolute Gasteiger partial charge is 0.342 e. The van der Waals surface area contributed by atoms with Gasteiger partial charge < -0.3 is 9.80 Å². The number of piperazine rings is 1. The average molecular weight is 370 g/mol. The standard InChI is InChI=1S/C22H31N3O2/c26-21-16-19(17-25(21)11-10-18-6-2-1-3-7-18)22(27)24-14-12-23(13-15-24)20-8-4-5-9-20/h1-3,6-7,19-20H,4-5,8-17H2/t19-/m0/s1. The van der Waals surface area contributed by atoms with Crippen molar-refractivity contribution in [2.24, 2.45) is 5.92 Å². The van der Waals surface area contributed by atoms with E-state index in [1.165, 1.54) is 31.2 Å². The lowest BCUT2D eigenvalue weighted by Crippen LogP contribution is -2.52. The first-order valence-corrected chi connectivity index (χ1v) is 10.6. The summed E-state index contributed by atoms with van der Waals surface area (Å²) in [5.41, 5.74) is 1.24. The molecule has 2 heterocycles. The molecule has 1 aromatic rings. The predicted molar refractivity (Wildman–Crippen MR) is 105 cm³/mol. The lowest BCUT2D eigenvalue weighted by atomic mass is 10.1. The van der Waals surface area contributed by atoms with E-state index in [9.17, 15) is 9.59 Å². The molecule has 2 amide bonds. The van der Waals surface area contributed by atoms with E-state index < -0.39 is 0 Å². The topological polar surface area (TPSA) is 43.9 Å². The molecule has 1 saturated carbocycles. The van der Waals surface area contributed by atoms with Crippen LogP contribution in [0.2, 0.25) is 0 Å². The maximum Gasteiger partial charge on any atom is 0.228 e. The van der Waals surface area contributed by atoms with Gasteiger partial charge in [-0.2, -0.15) is 0 Å². The van der Waals surface area contributed by atoms with Gasteiger partial charge in [-0.3, -0.25) is 14.5 Å². The van der Waals surface area contributed by atoms with Gasteiger partial charge in [0.05, 0.1) is 5.92 Å². The maximum absolute atomic E-state index is 12.9. The molecular weight excluding hydrogens is 338 g/mol. The average Bonchev–Trinajstić information content (AvgIpc) is 3.37. The molecule has 4 rings (SSSR count). The van der Waals surface area contributed by atoms with Crippen LogP contribution in [0.15, 0.2) is 30.3 Å². The molecular formula is C22H31N3O2. The van der Waals surface area contributed by atoms with Crippen molar-refractivity contribution in [3.63, 3.8) is 0 Å². The number of carbonyl (C=O) groups excluding carboxylic acids is 2. The summed E-state index contributed by atoms with van der Waals surface area (Å²) in [5, 5.41) is 0. The predicted octanol–water partition coefficient (Wildman–Crippen LogP) is 2.16. The van der Waals surface area contributed by atoms with Crippen molar-refractivity contribution in [1.29, 1.82) is 0 Å². The summed E-state index contributed by atoms with van der Waals surface area (Å²) in [4.78, 5) is 31.7. The highest BCUT2D eigenvalue weighted by Gasteiger charge is 2.37. The first kappa shape index (κ1) is 18.5. The number of rotatable bonds is 5. The van der Waals surface area contributed by atoms with E-state index in [0.717, 1.165) is 38.6 Å². The fourth-order valence-corrected chi connectivity index (χ4v) is 4.90. The minimum Gasteiger partial charge on any atom is -0.342 e. The Bertz CT molecular complexity index is 649. The van der Waals surface area contributed by atoms with Crippen molar-refractivity contribution < 1.29 is 9.59 Å². The van der Waals surface area contributed by atoms with E-state index >= 15 is 0 Å². The van der Waals surface area contributed by atoms with Crippen LogP contribution in [0, 0.1) is 5.92 Å². The molecule has 0 spiro atoms. The molecule has 0 unspecified atom stereocenters. The molecule has 1 aliphatic carbocycles. The van der Waals surface area contributed by atoms with Crippen LogP contribution in [0.4, 0.5) is 0 Å². The monoisotopic (exact) mass is 369 g/mol. The highest BCUT2D eigenvalue weighted by atomic mass is 16.2. The molecule has 0 N–H and O–H groups in total. The van der Waals surface area contributed by atoms with Crippen molar-refractivity contribution in [2.45, 2.75) is 44.6 Å². The van der Waals surface area contributed by atoms with Crippen LogP contribution in [0.3, 0.4) is 0 Å². The van der Waals surface area contributed by atoms with Crippen LogP contribution in [0.1, 0.15) is 37.7 Å². The highest BCUT2D eigenvalue weighted by molar-refractivity contribution is 5.89. The maximum atomic E-state index is 12.9. The van der Waals surface area contributed by atoms with Gasteiger partial charge in [0.2, 0.25) is 11.8 Å². The van der Waals surface area contributed by atoms with Gasteiger partial charge in [0.1, 0.15) is 0 Å². The van der Waals surface area contributed by atoms with E-state index in [1.807, 2.05) is 28.0 Å². The molecule has 146 valence electrons. The summed E-state index contributed by atoms with van der Waals surface area (Å²) in [7, 11) is 0. The summed E-state index contributed by atoms with van der Waals surface area (Å²) < 4.78 is 0. The summed E-state index contributed by atoms with van der Waals surface area (Å²) in [5.74, 6) is 0.178. The second-order valence-corrected chi connectivity index (χ2v) is 8.28. The van der Waals surface area contributed by atoms with Gasteiger partial charge in [-0.15, -0.1) is 0 Å². The van der Waals surface area contributed by atoms with Crippen LogP contribution in [-0.4, -0.2) is 71.8 Å². The lowest BCUT2D eigenvalue weighted by molar-refractivity contribution is -0.137. The molecule has 0 aromatic heterocycles. The van der Waals surface area contributed by atoms with E-state index in [1.54, 1.807) is 0 Å². The van der Waals surface area contributed by atoms with Crippen molar-refractivity contribution in [3.8, 4) is 0 Å². The van der Waals surface area contributed by atoms with Gasteiger partial charge >= 0.3 is 0 Å². The second-order valence-electron chi connectivity index (χ2n) is 8.28. The van der Waals surface area contributed by atoms with E-state index in [-0.39, 0.29) is 17.7 Å². The third kappa shape index (κ3) is 4.34. The Morgan fingerprint density at radius 1 is 1.00 bits per heavy atom. The first-order chi connectivity index (χ1) is 13.2. The summed E-state index contributed by atoms with van der Waals surface area (Å²) in [6.45, 7) is 4.94. The van der Waals surface area contributed by atoms with E-state index in [2.05, 4.69) is 17.0 Å². The van der Waals surface area contributed by atoms with Crippen LogP contribution in [0.25, 0.3) is 0 Å². The normalized spacial score (nSPS) is 24.7. The van der Waals surface area contributed by atoms with Crippen molar-refractivity contribution >= 4 is 11.8 Å². The third-order valence-corrected chi connectivity index (χ3v) is 6.54. The van der Waals surface area contributed by atoms with Gasteiger partial charge in [-0.25, -0.2) is 0 Å². The highest BCUT2D eigenvalue weighted by Crippen LogP contribution is 2.26. The molecule has 3 aliphatic rings. The van der Waals surface area contributed by atoms with Gasteiger partial charge in [-0.05, 0) is 24.8 Å². The summed E-state index contributed by atoms with van der Waals surface area (Å²) in [6, 6.07) is 11.0. The lowest BCUT2D eigenvalue weighted by Gasteiger charge is -2.38. The van der Waals surface area contributed by atoms with E-state index in [4.69, 9.17) is 0 Å². The quantitative estimate of drug-likeness (QED) is 0.799. The number of likely N-dealkylation sites (tertiary alicyclic amines) is 1. The Kier molecular flexibility index (Phi) is 5.77. The van der Waals surface area contributed by atoms with Crippen molar-refractivity contribution in [2.75, 3.05) is 39.3 Å². The van der Waals surface area contributed by atoms with Gasteiger partial charge in [0.15, 0.2) is 0 Å². The Morgan fingerprint density at radius 2 is 1.70 bits per heavy atom. The zero-order valence-corrected chi connectivity index (χ0v) is 16.2. The Hall–Kier alpha value is -1.88. The van der Waals surface area contributed by atoms with Gasteiger partial charge in [-0.1, -0.05) is 43.2 Å². The van der Waals surface area contributed by atoms with E-state index in [0.29, 0.717) is 19.5 Å². The molecule has 0 radical (unpaired) electrons. The molecule has 5 nitrogen and oxygen atoms in total.